The van der Waals surface area contributed by atoms with E-state index in [1.54, 1.807) is 12.3 Å². The van der Waals surface area contributed by atoms with E-state index in [9.17, 15) is 13.2 Å². The maximum absolute atomic E-state index is 12.6. The normalized spacial score (nSPS) is 23.6. The molecule has 1 aliphatic rings. The minimum atomic E-state index is -4.03. The Morgan fingerprint density at radius 1 is 1.30 bits per heavy atom. The third-order valence-corrected chi connectivity index (χ3v) is 4.31. The number of nitrogens with zero attached hydrogens (tertiary/aromatic N) is 1. The Bertz CT molecular complexity index is 454. The number of halogens is 4. The van der Waals surface area contributed by atoms with Gasteiger partial charge in [-0.15, -0.1) is 0 Å². The van der Waals surface area contributed by atoms with E-state index >= 15 is 0 Å². The molecule has 2 rings (SSSR count). The van der Waals surface area contributed by atoms with Crippen LogP contribution in [0.3, 0.4) is 0 Å². The first-order chi connectivity index (χ1) is 9.36. The fourth-order valence-corrected chi connectivity index (χ4v) is 2.73. The van der Waals surface area contributed by atoms with Crippen molar-refractivity contribution < 1.29 is 13.2 Å². The van der Waals surface area contributed by atoms with Crippen molar-refractivity contribution in [3.63, 3.8) is 0 Å². The van der Waals surface area contributed by atoms with Gasteiger partial charge in [0.25, 0.3) is 0 Å². The van der Waals surface area contributed by atoms with Gasteiger partial charge in [-0.2, -0.15) is 13.2 Å². The maximum Gasteiger partial charge on any atom is 0.391 e. The number of anilines is 1. The molecule has 0 amide bonds. The molecule has 1 heterocycles. The number of alkyl halides is 3. The molecule has 6 heteroatoms. The van der Waals surface area contributed by atoms with Gasteiger partial charge in [-0.25, -0.2) is 0 Å². The molecule has 0 atom stereocenters. The summed E-state index contributed by atoms with van der Waals surface area (Å²) in [7, 11) is 0. The highest BCUT2D eigenvalue weighted by Gasteiger charge is 2.41. The Hall–Kier alpha value is -0.970. The molecule has 0 aliphatic heterocycles. The molecule has 0 radical (unpaired) electrons. The van der Waals surface area contributed by atoms with Gasteiger partial charge in [-0.3, -0.25) is 4.98 Å². The summed E-state index contributed by atoms with van der Waals surface area (Å²) in [5, 5.41) is 3.80. The zero-order valence-electron chi connectivity index (χ0n) is 11.3. The summed E-state index contributed by atoms with van der Waals surface area (Å²) >= 11 is 5.98. The average molecular weight is 307 g/mol. The molecule has 0 unspecified atom stereocenters. The van der Waals surface area contributed by atoms with Crippen molar-refractivity contribution in [1.82, 2.24) is 4.98 Å². The molecule has 1 saturated carbocycles. The van der Waals surface area contributed by atoms with Crippen LogP contribution in [0.5, 0.6) is 0 Å². The molecule has 1 aromatic rings. The fourth-order valence-electron chi connectivity index (χ4n) is 2.56. The van der Waals surface area contributed by atoms with Gasteiger partial charge < -0.3 is 5.32 Å². The lowest BCUT2D eigenvalue weighted by Gasteiger charge is -2.30. The molecule has 20 heavy (non-hydrogen) atoms. The quantitative estimate of drug-likeness (QED) is 0.865. The van der Waals surface area contributed by atoms with Crippen LogP contribution in [0.25, 0.3) is 0 Å². The maximum atomic E-state index is 12.6. The van der Waals surface area contributed by atoms with Crippen LogP contribution in [0.2, 0.25) is 5.02 Å². The molecule has 1 fully saturated rings. The largest absolute Gasteiger partial charge is 0.391 e. The molecule has 1 aromatic heterocycles. The van der Waals surface area contributed by atoms with Crippen LogP contribution in [0.1, 0.15) is 31.4 Å². The highest BCUT2D eigenvalue weighted by molar-refractivity contribution is 6.31. The van der Waals surface area contributed by atoms with E-state index in [-0.39, 0.29) is 18.8 Å². The van der Waals surface area contributed by atoms with Crippen molar-refractivity contribution >= 4 is 17.3 Å². The van der Waals surface area contributed by atoms with Gasteiger partial charge in [0, 0.05) is 6.54 Å². The van der Waals surface area contributed by atoms with Crippen molar-refractivity contribution in [2.24, 2.45) is 11.8 Å². The van der Waals surface area contributed by atoms with E-state index in [0.29, 0.717) is 24.4 Å². The summed E-state index contributed by atoms with van der Waals surface area (Å²) in [4.78, 5) is 4.14. The van der Waals surface area contributed by atoms with Gasteiger partial charge in [-0.1, -0.05) is 11.6 Å². The second kappa shape index (κ2) is 6.20. The van der Waals surface area contributed by atoms with Crippen LogP contribution in [-0.4, -0.2) is 17.7 Å². The SMILES string of the molecule is Cc1ncc(NCC2CCC(C(F)(F)F)CC2)cc1Cl. The average Bonchev–Trinajstić information content (AvgIpc) is 2.40. The lowest BCUT2D eigenvalue weighted by atomic mass is 9.81. The first-order valence-corrected chi connectivity index (χ1v) is 7.17. The topological polar surface area (TPSA) is 24.9 Å². The predicted molar refractivity (Wildman–Crippen MR) is 74.0 cm³/mol. The van der Waals surface area contributed by atoms with E-state index in [1.807, 2.05) is 6.92 Å². The monoisotopic (exact) mass is 306 g/mol. The summed E-state index contributed by atoms with van der Waals surface area (Å²) in [5.74, 6) is -0.831. The van der Waals surface area contributed by atoms with Crippen LogP contribution >= 0.6 is 11.6 Å². The highest BCUT2D eigenvalue weighted by Crippen LogP contribution is 2.39. The fraction of sp³-hybridized carbons (Fsp3) is 0.643. The van der Waals surface area contributed by atoms with E-state index < -0.39 is 12.1 Å². The van der Waals surface area contributed by atoms with Gasteiger partial charge in [0.05, 0.1) is 28.5 Å². The van der Waals surface area contributed by atoms with Gasteiger partial charge in [0.2, 0.25) is 0 Å². The summed E-state index contributed by atoms with van der Waals surface area (Å²) < 4.78 is 37.7. The molecule has 0 spiro atoms. The molecule has 0 saturated heterocycles. The molecule has 0 aromatic carbocycles. The third-order valence-electron chi connectivity index (χ3n) is 3.93. The predicted octanol–water partition coefficient (Wildman–Crippen LogP) is 4.82. The molecular formula is C14H18ClF3N2. The molecule has 2 nitrogen and oxygen atoms in total. The second-order valence-electron chi connectivity index (χ2n) is 5.43. The van der Waals surface area contributed by atoms with Crippen LogP contribution in [0.4, 0.5) is 18.9 Å². The van der Waals surface area contributed by atoms with Crippen molar-refractivity contribution in [3.8, 4) is 0 Å². The summed E-state index contributed by atoms with van der Waals surface area (Å²) in [6.07, 6.45) is -0.630. The summed E-state index contributed by atoms with van der Waals surface area (Å²) in [6, 6.07) is 1.80. The van der Waals surface area contributed by atoms with Crippen LogP contribution in [0.15, 0.2) is 12.3 Å². The van der Waals surface area contributed by atoms with E-state index in [0.717, 1.165) is 11.4 Å². The Morgan fingerprint density at radius 2 is 1.95 bits per heavy atom. The highest BCUT2D eigenvalue weighted by atomic mass is 35.5. The Kier molecular flexibility index (Phi) is 4.78. The van der Waals surface area contributed by atoms with Crippen LogP contribution in [-0.2, 0) is 0 Å². The molecular weight excluding hydrogens is 289 g/mol. The number of nitrogens with one attached hydrogen (secondary N) is 1. The van der Waals surface area contributed by atoms with E-state index in [1.165, 1.54) is 0 Å². The van der Waals surface area contributed by atoms with Gasteiger partial charge in [-0.05, 0) is 44.6 Å². The minimum Gasteiger partial charge on any atom is -0.383 e. The Morgan fingerprint density at radius 3 is 2.50 bits per heavy atom. The third kappa shape index (κ3) is 4.01. The first-order valence-electron chi connectivity index (χ1n) is 6.79. The van der Waals surface area contributed by atoms with Crippen molar-refractivity contribution in [3.05, 3.63) is 23.0 Å². The first kappa shape index (κ1) is 15.4. The number of hydrogen-bond donors (Lipinski definition) is 1. The van der Waals surface area contributed by atoms with Crippen molar-refractivity contribution in [2.45, 2.75) is 38.8 Å². The van der Waals surface area contributed by atoms with Crippen molar-refractivity contribution in [2.75, 3.05) is 11.9 Å². The number of aryl methyl sites for hydroxylation is 1. The number of hydrogen-bond acceptors (Lipinski definition) is 2. The van der Waals surface area contributed by atoms with Gasteiger partial charge in [0.1, 0.15) is 0 Å². The van der Waals surface area contributed by atoms with E-state index in [2.05, 4.69) is 10.3 Å². The van der Waals surface area contributed by atoms with Gasteiger partial charge >= 0.3 is 6.18 Å². The molecule has 112 valence electrons. The molecule has 1 N–H and O–H groups in total. The Balaban J connectivity index is 1.80. The standard InChI is InChI=1S/C14H18ClF3N2/c1-9-13(15)6-12(8-19-9)20-7-10-2-4-11(5-3-10)14(16,17)18/h6,8,10-11,20H,2-5,7H2,1H3. The summed E-state index contributed by atoms with van der Waals surface area (Å²) in [6.45, 7) is 2.50. The number of rotatable bonds is 3. The lowest BCUT2D eigenvalue weighted by molar-refractivity contribution is -0.183. The molecule has 1 aliphatic carbocycles. The van der Waals surface area contributed by atoms with E-state index in [4.69, 9.17) is 11.6 Å². The Labute approximate surface area is 121 Å². The van der Waals surface area contributed by atoms with Crippen LogP contribution < -0.4 is 5.32 Å². The molecule has 0 bridgehead atoms. The minimum absolute atomic E-state index is 0.239. The lowest BCUT2D eigenvalue weighted by Crippen LogP contribution is -2.29. The summed E-state index contributed by atoms with van der Waals surface area (Å²) in [5.41, 5.74) is 1.58. The zero-order valence-corrected chi connectivity index (χ0v) is 12.1. The smallest absolute Gasteiger partial charge is 0.383 e. The number of pyridine rings is 1. The zero-order chi connectivity index (χ0) is 14.8. The van der Waals surface area contributed by atoms with Crippen LogP contribution in [0, 0.1) is 18.8 Å². The van der Waals surface area contributed by atoms with Crippen molar-refractivity contribution in [1.29, 1.82) is 0 Å². The van der Waals surface area contributed by atoms with Gasteiger partial charge in [0.15, 0.2) is 0 Å². The number of aromatic nitrogens is 1. The second-order valence-corrected chi connectivity index (χ2v) is 5.84.